The van der Waals surface area contributed by atoms with Gasteiger partial charge < -0.3 is 5.32 Å². The maximum atomic E-state index is 13.2. The van der Waals surface area contributed by atoms with E-state index >= 15 is 0 Å². The van der Waals surface area contributed by atoms with Crippen molar-refractivity contribution in [3.63, 3.8) is 0 Å². The maximum Gasteiger partial charge on any atom is 0.146 e. The second-order valence-electron chi connectivity index (χ2n) is 3.75. The van der Waals surface area contributed by atoms with E-state index in [0.717, 1.165) is 25.0 Å². The minimum absolute atomic E-state index is 0.289. The summed E-state index contributed by atoms with van der Waals surface area (Å²) in [5.41, 5.74) is 0.289. The van der Waals surface area contributed by atoms with Crippen LogP contribution < -0.4 is 5.32 Å². The summed E-state index contributed by atoms with van der Waals surface area (Å²) in [4.78, 5) is 0. The third-order valence-corrected chi connectivity index (χ3v) is 2.64. The Morgan fingerprint density at radius 1 is 1.14 bits per heavy atom. The normalized spacial score (nSPS) is 17.3. The Morgan fingerprint density at radius 2 is 1.86 bits per heavy atom. The molecule has 1 N–H and O–H groups in total. The third-order valence-electron chi connectivity index (χ3n) is 2.64. The van der Waals surface area contributed by atoms with Crippen LogP contribution in [0.1, 0.15) is 25.7 Å². The highest BCUT2D eigenvalue weighted by molar-refractivity contribution is 5.45. The van der Waals surface area contributed by atoms with Crippen molar-refractivity contribution in [1.82, 2.24) is 0 Å². The van der Waals surface area contributed by atoms with Crippen molar-refractivity contribution < 1.29 is 8.78 Å². The monoisotopic (exact) mass is 197 g/mol. The molecule has 3 heteroatoms. The van der Waals surface area contributed by atoms with Crippen LogP contribution >= 0.6 is 0 Å². The number of anilines is 1. The molecule has 1 saturated carbocycles. The lowest BCUT2D eigenvalue weighted by atomic mass is 10.2. The Morgan fingerprint density at radius 3 is 2.57 bits per heavy atom. The Bertz CT molecular complexity index is 319. The maximum absolute atomic E-state index is 13.2. The van der Waals surface area contributed by atoms with E-state index in [9.17, 15) is 8.78 Å². The topological polar surface area (TPSA) is 12.0 Å². The SMILES string of the molecule is Fc1ccc(F)c(NC2CCCC2)c1. The summed E-state index contributed by atoms with van der Waals surface area (Å²) in [5, 5.41) is 3.03. The molecule has 0 bridgehead atoms. The summed E-state index contributed by atoms with van der Waals surface area (Å²) in [6.45, 7) is 0. The van der Waals surface area contributed by atoms with Crippen LogP contribution in [0.5, 0.6) is 0 Å². The number of benzene rings is 1. The Labute approximate surface area is 82.1 Å². The zero-order valence-corrected chi connectivity index (χ0v) is 7.89. The highest BCUT2D eigenvalue weighted by Gasteiger charge is 2.16. The molecule has 1 aliphatic rings. The summed E-state index contributed by atoms with van der Waals surface area (Å²) >= 11 is 0. The molecule has 0 heterocycles. The lowest BCUT2D eigenvalue weighted by Gasteiger charge is -2.13. The van der Waals surface area contributed by atoms with Gasteiger partial charge >= 0.3 is 0 Å². The predicted molar refractivity (Wildman–Crippen MR) is 52.2 cm³/mol. The van der Waals surface area contributed by atoms with Gasteiger partial charge in [0.2, 0.25) is 0 Å². The Hall–Kier alpha value is -1.12. The van der Waals surface area contributed by atoms with Crippen LogP contribution in [-0.4, -0.2) is 6.04 Å². The van der Waals surface area contributed by atoms with E-state index in [1.54, 1.807) is 0 Å². The number of rotatable bonds is 2. The van der Waals surface area contributed by atoms with Gasteiger partial charge in [0.05, 0.1) is 5.69 Å². The first kappa shape index (κ1) is 9.44. The molecule has 2 rings (SSSR count). The first-order chi connectivity index (χ1) is 6.75. The second kappa shape index (κ2) is 3.95. The summed E-state index contributed by atoms with van der Waals surface area (Å²) < 4.78 is 26.0. The molecule has 1 aromatic rings. The largest absolute Gasteiger partial charge is 0.380 e. The van der Waals surface area contributed by atoms with E-state index in [0.29, 0.717) is 6.04 Å². The molecule has 0 aliphatic heterocycles. The molecule has 0 radical (unpaired) electrons. The zero-order chi connectivity index (χ0) is 9.97. The molecular weight excluding hydrogens is 184 g/mol. The van der Waals surface area contributed by atoms with Crippen LogP contribution in [-0.2, 0) is 0 Å². The smallest absolute Gasteiger partial charge is 0.146 e. The van der Waals surface area contributed by atoms with Crippen LogP contribution in [0.3, 0.4) is 0 Å². The molecule has 0 unspecified atom stereocenters. The number of halogens is 2. The van der Waals surface area contributed by atoms with E-state index in [1.807, 2.05) is 0 Å². The van der Waals surface area contributed by atoms with Gasteiger partial charge in [-0.1, -0.05) is 12.8 Å². The van der Waals surface area contributed by atoms with Crippen molar-refractivity contribution in [2.45, 2.75) is 31.7 Å². The fourth-order valence-electron chi connectivity index (χ4n) is 1.90. The van der Waals surface area contributed by atoms with E-state index in [-0.39, 0.29) is 11.5 Å². The molecule has 1 nitrogen and oxygen atoms in total. The lowest BCUT2D eigenvalue weighted by molar-refractivity contribution is 0.598. The van der Waals surface area contributed by atoms with Gasteiger partial charge in [-0.3, -0.25) is 0 Å². The van der Waals surface area contributed by atoms with Crippen molar-refractivity contribution in [2.24, 2.45) is 0 Å². The summed E-state index contributed by atoms with van der Waals surface area (Å²) in [7, 11) is 0. The van der Waals surface area contributed by atoms with Gasteiger partial charge in [-0.15, -0.1) is 0 Å². The quantitative estimate of drug-likeness (QED) is 0.766. The summed E-state index contributed by atoms with van der Waals surface area (Å²) in [6, 6.07) is 3.82. The van der Waals surface area contributed by atoms with Gasteiger partial charge in [0.25, 0.3) is 0 Å². The number of nitrogens with one attached hydrogen (secondary N) is 1. The molecule has 1 aromatic carbocycles. The van der Waals surface area contributed by atoms with Gasteiger partial charge in [-0.25, -0.2) is 8.78 Å². The highest BCUT2D eigenvalue weighted by atomic mass is 19.1. The van der Waals surface area contributed by atoms with Crippen molar-refractivity contribution in [2.75, 3.05) is 5.32 Å². The number of hydrogen-bond donors (Lipinski definition) is 1. The fourth-order valence-corrected chi connectivity index (χ4v) is 1.90. The minimum atomic E-state index is -0.396. The molecule has 1 aliphatic carbocycles. The van der Waals surface area contributed by atoms with E-state index in [1.165, 1.54) is 18.9 Å². The molecule has 0 atom stereocenters. The molecular formula is C11H13F2N. The molecule has 1 fully saturated rings. The Kier molecular flexibility index (Phi) is 2.66. The molecule has 0 amide bonds. The van der Waals surface area contributed by atoms with Gasteiger partial charge in [-0.05, 0) is 31.0 Å². The van der Waals surface area contributed by atoms with E-state index in [2.05, 4.69) is 5.32 Å². The van der Waals surface area contributed by atoms with E-state index in [4.69, 9.17) is 0 Å². The van der Waals surface area contributed by atoms with Crippen molar-refractivity contribution >= 4 is 5.69 Å². The average molecular weight is 197 g/mol. The molecule has 0 aromatic heterocycles. The van der Waals surface area contributed by atoms with E-state index < -0.39 is 5.82 Å². The van der Waals surface area contributed by atoms with Crippen molar-refractivity contribution in [3.05, 3.63) is 29.8 Å². The van der Waals surface area contributed by atoms with Crippen LogP contribution in [0.15, 0.2) is 18.2 Å². The van der Waals surface area contributed by atoms with Crippen LogP contribution in [0.4, 0.5) is 14.5 Å². The van der Waals surface area contributed by atoms with Gasteiger partial charge in [0, 0.05) is 6.04 Å². The Balaban J connectivity index is 2.10. The van der Waals surface area contributed by atoms with Crippen LogP contribution in [0.2, 0.25) is 0 Å². The van der Waals surface area contributed by atoms with Gasteiger partial charge in [-0.2, -0.15) is 0 Å². The standard InChI is InChI=1S/C11H13F2N/c12-8-5-6-10(13)11(7-8)14-9-3-1-2-4-9/h5-7,9,14H,1-4H2. The minimum Gasteiger partial charge on any atom is -0.380 e. The zero-order valence-electron chi connectivity index (χ0n) is 7.89. The first-order valence-corrected chi connectivity index (χ1v) is 4.97. The van der Waals surface area contributed by atoms with Crippen molar-refractivity contribution in [1.29, 1.82) is 0 Å². The number of hydrogen-bond acceptors (Lipinski definition) is 1. The van der Waals surface area contributed by atoms with Crippen molar-refractivity contribution in [3.8, 4) is 0 Å². The summed E-state index contributed by atoms with van der Waals surface area (Å²) in [6.07, 6.45) is 4.45. The molecule has 14 heavy (non-hydrogen) atoms. The van der Waals surface area contributed by atoms with Gasteiger partial charge in [0.1, 0.15) is 11.6 Å². The molecule has 76 valence electrons. The second-order valence-corrected chi connectivity index (χ2v) is 3.75. The molecule has 0 spiro atoms. The predicted octanol–water partition coefficient (Wildman–Crippen LogP) is 3.32. The van der Waals surface area contributed by atoms with Gasteiger partial charge in [0.15, 0.2) is 0 Å². The fraction of sp³-hybridized carbons (Fsp3) is 0.455. The van der Waals surface area contributed by atoms with Crippen LogP contribution in [0, 0.1) is 11.6 Å². The average Bonchev–Trinajstić information content (AvgIpc) is 2.64. The highest BCUT2D eigenvalue weighted by Crippen LogP contribution is 2.24. The third kappa shape index (κ3) is 2.03. The molecule has 0 saturated heterocycles. The summed E-state index contributed by atoms with van der Waals surface area (Å²) in [5.74, 6) is -0.773. The lowest BCUT2D eigenvalue weighted by Crippen LogP contribution is -2.15. The van der Waals surface area contributed by atoms with Crippen LogP contribution in [0.25, 0.3) is 0 Å². The first-order valence-electron chi connectivity index (χ1n) is 4.97.